The summed E-state index contributed by atoms with van der Waals surface area (Å²) in [7, 11) is -0.234. The van der Waals surface area contributed by atoms with Gasteiger partial charge in [-0.1, -0.05) is 12.1 Å². The van der Waals surface area contributed by atoms with Crippen LogP contribution in [0.1, 0.15) is 6.92 Å². The fourth-order valence-electron chi connectivity index (χ4n) is 1.33. The maximum Gasteiger partial charge on any atom is 0.255 e. The van der Waals surface area contributed by atoms with Crippen molar-refractivity contribution in [2.75, 3.05) is 26.0 Å². The molecule has 0 saturated carbocycles. The van der Waals surface area contributed by atoms with Gasteiger partial charge in [-0.2, -0.15) is 0 Å². The molecule has 90 valence electrons. The Morgan fingerprint density at radius 2 is 1.88 bits per heavy atom. The van der Waals surface area contributed by atoms with Crippen molar-refractivity contribution in [2.45, 2.75) is 11.8 Å². The van der Waals surface area contributed by atoms with Crippen molar-refractivity contribution in [2.24, 2.45) is 0 Å². The summed E-state index contributed by atoms with van der Waals surface area (Å²) in [5.41, 5.74) is 0.611. The minimum atomic E-state index is -3.50. The molecular formula is C10H17N3O2S. The Kier molecular flexibility index (Phi) is 4.28. The van der Waals surface area contributed by atoms with Gasteiger partial charge in [0, 0.05) is 20.6 Å². The van der Waals surface area contributed by atoms with Crippen LogP contribution in [0.25, 0.3) is 0 Å². The Hall–Kier alpha value is -1.11. The highest BCUT2D eigenvalue weighted by atomic mass is 32.2. The Bertz CT molecular complexity index is 443. The molecule has 6 heteroatoms. The van der Waals surface area contributed by atoms with Crippen LogP contribution in [0.3, 0.4) is 0 Å². The lowest BCUT2D eigenvalue weighted by Gasteiger charge is -2.15. The Balaban J connectivity index is 3.11. The van der Waals surface area contributed by atoms with Gasteiger partial charge in [-0.3, -0.25) is 0 Å². The van der Waals surface area contributed by atoms with E-state index in [9.17, 15) is 8.42 Å². The van der Waals surface area contributed by atoms with Crippen LogP contribution >= 0.6 is 0 Å². The predicted octanol–water partition coefficient (Wildman–Crippen LogP) is 0.873. The van der Waals surface area contributed by atoms with Crippen LogP contribution in [0.2, 0.25) is 0 Å². The lowest BCUT2D eigenvalue weighted by molar-refractivity contribution is 0.364. The normalized spacial score (nSPS) is 11.8. The Morgan fingerprint density at radius 3 is 2.44 bits per heavy atom. The number of para-hydroxylation sites is 1. The fraction of sp³-hybridized carbons (Fsp3) is 0.400. The minimum absolute atomic E-state index is 0.255. The van der Waals surface area contributed by atoms with E-state index in [1.807, 2.05) is 6.92 Å². The summed E-state index contributed by atoms with van der Waals surface area (Å²) in [6, 6.07) is 6.81. The second kappa shape index (κ2) is 5.29. The lowest BCUT2D eigenvalue weighted by atomic mass is 10.3. The first-order valence-corrected chi connectivity index (χ1v) is 6.48. The molecule has 0 aromatic heterocycles. The van der Waals surface area contributed by atoms with Gasteiger partial charge in [0.1, 0.15) is 4.90 Å². The van der Waals surface area contributed by atoms with Crippen LogP contribution < -0.4 is 10.1 Å². The largest absolute Gasteiger partial charge is 0.384 e. The molecule has 0 heterocycles. The van der Waals surface area contributed by atoms with Crippen molar-refractivity contribution in [3.63, 3.8) is 0 Å². The van der Waals surface area contributed by atoms with Gasteiger partial charge in [0.25, 0.3) is 10.0 Å². The molecule has 0 unspecified atom stereocenters. The number of sulfonamides is 1. The smallest absolute Gasteiger partial charge is 0.255 e. The van der Waals surface area contributed by atoms with E-state index in [2.05, 4.69) is 10.1 Å². The molecule has 0 spiro atoms. The van der Waals surface area contributed by atoms with Crippen LogP contribution in [-0.4, -0.2) is 34.1 Å². The number of hydrogen-bond acceptors (Lipinski definition) is 4. The summed E-state index contributed by atoms with van der Waals surface area (Å²) in [6.07, 6.45) is 0. The maximum absolute atomic E-state index is 11.9. The first-order chi connectivity index (χ1) is 7.47. The molecule has 1 aromatic carbocycles. The van der Waals surface area contributed by atoms with Crippen LogP contribution in [-0.2, 0) is 10.0 Å². The number of rotatable bonds is 5. The third kappa shape index (κ3) is 3.19. The van der Waals surface area contributed by atoms with Gasteiger partial charge in [0.2, 0.25) is 0 Å². The lowest BCUT2D eigenvalue weighted by Crippen LogP contribution is -2.36. The Morgan fingerprint density at radius 1 is 1.25 bits per heavy atom. The maximum atomic E-state index is 11.9. The molecule has 1 rings (SSSR count). The molecule has 0 aliphatic rings. The van der Waals surface area contributed by atoms with E-state index >= 15 is 0 Å². The van der Waals surface area contributed by atoms with E-state index in [1.165, 1.54) is 5.01 Å². The fourth-order valence-corrected chi connectivity index (χ4v) is 2.59. The second-order valence-corrected chi connectivity index (χ2v) is 5.14. The summed E-state index contributed by atoms with van der Waals surface area (Å²) >= 11 is 0. The van der Waals surface area contributed by atoms with Crippen molar-refractivity contribution in [1.82, 2.24) is 9.84 Å². The standard InChI is InChI=1S/C10H17N3O2S/c1-4-11-9-7-5-6-8-10(9)16(14,15)12-13(2)3/h5-8,11-12H,4H2,1-3H3. The zero-order chi connectivity index (χ0) is 12.2. The molecule has 0 atom stereocenters. The summed E-state index contributed by atoms with van der Waals surface area (Å²) in [5, 5.41) is 4.42. The van der Waals surface area contributed by atoms with Gasteiger partial charge in [-0.25, -0.2) is 13.4 Å². The van der Waals surface area contributed by atoms with Crippen molar-refractivity contribution < 1.29 is 8.42 Å². The minimum Gasteiger partial charge on any atom is -0.384 e. The molecule has 1 aromatic rings. The van der Waals surface area contributed by atoms with Crippen LogP contribution in [0, 0.1) is 0 Å². The van der Waals surface area contributed by atoms with E-state index in [1.54, 1.807) is 38.4 Å². The van der Waals surface area contributed by atoms with Gasteiger partial charge in [0.15, 0.2) is 0 Å². The van der Waals surface area contributed by atoms with Crippen molar-refractivity contribution >= 4 is 15.7 Å². The molecule has 2 N–H and O–H groups in total. The van der Waals surface area contributed by atoms with E-state index in [0.717, 1.165) is 0 Å². The summed E-state index contributed by atoms with van der Waals surface area (Å²) < 4.78 is 23.9. The van der Waals surface area contributed by atoms with Crippen LogP contribution in [0.15, 0.2) is 29.2 Å². The predicted molar refractivity (Wildman–Crippen MR) is 64.6 cm³/mol. The van der Waals surface area contributed by atoms with E-state index in [4.69, 9.17) is 0 Å². The first-order valence-electron chi connectivity index (χ1n) is 5.00. The molecule has 0 saturated heterocycles. The highest BCUT2D eigenvalue weighted by Gasteiger charge is 2.18. The average molecular weight is 243 g/mol. The molecule has 0 aliphatic carbocycles. The van der Waals surface area contributed by atoms with E-state index < -0.39 is 10.0 Å². The third-order valence-corrected chi connectivity index (χ3v) is 3.39. The number of nitrogens with zero attached hydrogens (tertiary/aromatic N) is 1. The highest BCUT2D eigenvalue weighted by Crippen LogP contribution is 2.20. The van der Waals surface area contributed by atoms with E-state index in [-0.39, 0.29) is 4.90 Å². The monoisotopic (exact) mass is 243 g/mol. The number of benzene rings is 1. The summed E-state index contributed by atoms with van der Waals surface area (Å²) in [4.78, 5) is 2.65. The molecule has 0 fully saturated rings. The number of nitrogens with one attached hydrogen (secondary N) is 2. The first kappa shape index (κ1) is 13.0. The van der Waals surface area contributed by atoms with Gasteiger partial charge in [0.05, 0.1) is 5.69 Å². The molecule has 0 aliphatic heterocycles. The molecule has 0 bridgehead atoms. The highest BCUT2D eigenvalue weighted by molar-refractivity contribution is 7.89. The van der Waals surface area contributed by atoms with Gasteiger partial charge < -0.3 is 5.32 Å². The van der Waals surface area contributed by atoms with E-state index in [0.29, 0.717) is 12.2 Å². The zero-order valence-corrected chi connectivity index (χ0v) is 10.5. The molecular weight excluding hydrogens is 226 g/mol. The second-order valence-electron chi connectivity index (χ2n) is 3.52. The summed E-state index contributed by atoms with van der Waals surface area (Å²) in [5.74, 6) is 0. The van der Waals surface area contributed by atoms with Crippen molar-refractivity contribution in [3.8, 4) is 0 Å². The molecule has 16 heavy (non-hydrogen) atoms. The SMILES string of the molecule is CCNc1ccccc1S(=O)(=O)NN(C)C. The van der Waals surface area contributed by atoms with Crippen LogP contribution in [0.4, 0.5) is 5.69 Å². The van der Waals surface area contributed by atoms with Gasteiger partial charge in [-0.15, -0.1) is 4.83 Å². The number of hydrogen-bond donors (Lipinski definition) is 2. The van der Waals surface area contributed by atoms with Crippen LogP contribution in [0.5, 0.6) is 0 Å². The van der Waals surface area contributed by atoms with Gasteiger partial charge in [-0.05, 0) is 19.1 Å². The topological polar surface area (TPSA) is 61.4 Å². The average Bonchev–Trinajstić information content (AvgIpc) is 2.17. The van der Waals surface area contributed by atoms with Gasteiger partial charge >= 0.3 is 0 Å². The number of anilines is 1. The molecule has 0 radical (unpaired) electrons. The zero-order valence-electron chi connectivity index (χ0n) is 9.69. The third-order valence-electron chi connectivity index (χ3n) is 1.85. The quantitative estimate of drug-likeness (QED) is 0.753. The Labute approximate surface area is 96.5 Å². The van der Waals surface area contributed by atoms with Crippen molar-refractivity contribution in [3.05, 3.63) is 24.3 Å². The van der Waals surface area contributed by atoms with Crippen molar-refractivity contribution in [1.29, 1.82) is 0 Å². The molecule has 5 nitrogen and oxygen atoms in total. The number of hydrazine groups is 1. The summed E-state index contributed by atoms with van der Waals surface area (Å²) in [6.45, 7) is 2.59. The molecule has 0 amide bonds.